The van der Waals surface area contributed by atoms with Crippen LogP contribution in [0.25, 0.3) is 60.5 Å². The third kappa shape index (κ3) is 6.67. The predicted molar refractivity (Wildman–Crippen MR) is 253 cm³/mol. The van der Waals surface area contributed by atoms with E-state index < -0.39 is 0 Å². The lowest BCUT2D eigenvalue weighted by atomic mass is 9.74. The molecule has 0 N–H and O–H groups in total. The average molecular weight is 759 g/mol. The molecule has 0 nitrogen and oxygen atoms in total. The Hall–Kier alpha value is -6.50. The highest BCUT2D eigenvalue weighted by Crippen LogP contribution is 2.52. The van der Waals surface area contributed by atoms with Gasteiger partial charge in [0.05, 0.1) is 0 Å². The number of hydrogen-bond donors (Lipinski definition) is 0. The van der Waals surface area contributed by atoms with Crippen molar-refractivity contribution in [3.63, 3.8) is 0 Å². The Morgan fingerprint density at radius 3 is 1.59 bits per heavy atom. The molecular formula is C59H50. The molecule has 8 aromatic rings. The SMILES string of the molecule is CC(C)(C)c1cc2c(c(C3C=CC=C3)c1-c1ccccc1)Cc1cc(-c3ccccc3)c(C(C)(C)C=C(c3ccc4ccccc4c3)c3ccc4ccccc4c3)cc1-2. The van der Waals surface area contributed by atoms with E-state index in [-0.39, 0.29) is 16.7 Å². The third-order valence-electron chi connectivity index (χ3n) is 12.7. The van der Waals surface area contributed by atoms with Gasteiger partial charge in [0.1, 0.15) is 0 Å². The summed E-state index contributed by atoms with van der Waals surface area (Å²) in [6, 6.07) is 61.1. The maximum atomic E-state index is 2.57. The Bertz CT molecular complexity index is 2910. The summed E-state index contributed by atoms with van der Waals surface area (Å²) in [6.45, 7) is 12.0. The molecule has 0 saturated carbocycles. The van der Waals surface area contributed by atoms with Crippen molar-refractivity contribution in [1.29, 1.82) is 0 Å². The number of hydrogen-bond acceptors (Lipinski definition) is 0. The molecule has 0 bridgehead atoms. The van der Waals surface area contributed by atoms with Crippen LogP contribution in [-0.4, -0.2) is 0 Å². The van der Waals surface area contributed by atoms with Crippen LogP contribution in [-0.2, 0) is 17.3 Å². The molecule has 0 aliphatic heterocycles. The Morgan fingerprint density at radius 1 is 0.492 bits per heavy atom. The molecule has 286 valence electrons. The number of fused-ring (bicyclic) bond motifs is 5. The van der Waals surface area contributed by atoms with Crippen LogP contribution < -0.4 is 0 Å². The van der Waals surface area contributed by atoms with Crippen molar-refractivity contribution in [3.05, 3.63) is 233 Å². The zero-order valence-electron chi connectivity index (χ0n) is 34.8. The predicted octanol–water partition coefficient (Wildman–Crippen LogP) is 15.8. The average Bonchev–Trinajstić information content (AvgIpc) is 3.93. The number of rotatable bonds is 7. The first-order valence-corrected chi connectivity index (χ1v) is 21.2. The molecule has 0 atom stereocenters. The van der Waals surface area contributed by atoms with Gasteiger partial charge in [0.2, 0.25) is 0 Å². The molecule has 59 heavy (non-hydrogen) atoms. The molecule has 0 heteroatoms. The first-order valence-electron chi connectivity index (χ1n) is 21.2. The van der Waals surface area contributed by atoms with Gasteiger partial charge in [-0.25, -0.2) is 0 Å². The lowest BCUT2D eigenvalue weighted by molar-refractivity contribution is 0.591. The number of benzene rings is 8. The van der Waals surface area contributed by atoms with Gasteiger partial charge < -0.3 is 0 Å². The van der Waals surface area contributed by atoms with Crippen LogP contribution in [0.5, 0.6) is 0 Å². The molecule has 0 spiro atoms. The lowest BCUT2D eigenvalue weighted by Crippen LogP contribution is -2.17. The van der Waals surface area contributed by atoms with Gasteiger partial charge in [0.25, 0.3) is 0 Å². The highest BCUT2D eigenvalue weighted by Gasteiger charge is 2.34. The van der Waals surface area contributed by atoms with E-state index >= 15 is 0 Å². The van der Waals surface area contributed by atoms with Crippen LogP contribution in [0.1, 0.15) is 79.5 Å². The minimum Gasteiger partial charge on any atom is -0.0732 e. The second-order valence-corrected chi connectivity index (χ2v) is 18.2. The zero-order valence-corrected chi connectivity index (χ0v) is 34.8. The Kier molecular flexibility index (Phi) is 8.99. The van der Waals surface area contributed by atoms with Gasteiger partial charge in [-0.05, 0) is 142 Å². The molecule has 0 radical (unpaired) electrons. The monoisotopic (exact) mass is 758 g/mol. The Morgan fingerprint density at radius 2 is 1.02 bits per heavy atom. The molecule has 0 fully saturated rings. The minimum atomic E-state index is -0.355. The first kappa shape index (κ1) is 36.8. The summed E-state index contributed by atoms with van der Waals surface area (Å²) in [5.74, 6) is 0.231. The fourth-order valence-corrected chi connectivity index (χ4v) is 9.78. The molecule has 0 saturated heterocycles. The molecule has 0 heterocycles. The summed E-state index contributed by atoms with van der Waals surface area (Å²) in [5.41, 5.74) is 18.4. The topological polar surface area (TPSA) is 0 Å². The third-order valence-corrected chi connectivity index (χ3v) is 12.7. The smallest absolute Gasteiger partial charge is 0.0214 e. The highest BCUT2D eigenvalue weighted by molar-refractivity contribution is 5.94. The van der Waals surface area contributed by atoms with E-state index in [0.717, 1.165) is 6.42 Å². The summed E-state index contributed by atoms with van der Waals surface area (Å²) in [5, 5.41) is 5.01. The van der Waals surface area contributed by atoms with Crippen LogP contribution in [0.3, 0.4) is 0 Å². The molecule has 0 amide bonds. The maximum Gasteiger partial charge on any atom is 0.0214 e. The zero-order chi connectivity index (χ0) is 40.3. The van der Waals surface area contributed by atoms with Gasteiger partial charge in [-0.1, -0.05) is 198 Å². The van der Waals surface area contributed by atoms with Gasteiger partial charge in [-0.2, -0.15) is 0 Å². The van der Waals surface area contributed by atoms with Gasteiger partial charge in [-0.15, -0.1) is 0 Å². The van der Waals surface area contributed by atoms with Crippen molar-refractivity contribution < 1.29 is 0 Å². The summed E-state index contributed by atoms with van der Waals surface area (Å²) in [7, 11) is 0. The van der Waals surface area contributed by atoms with E-state index in [1.807, 2.05) is 0 Å². The molecular weight excluding hydrogens is 709 g/mol. The summed E-state index contributed by atoms with van der Waals surface area (Å²) < 4.78 is 0. The molecule has 10 rings (SSSR count). The van der Waals surface area contributed by atoms with Gasteiger partial charge in [0, 0.05) is 11.3 Å². The van der Waals surface area contributed by atoms with Crippen LogP contribution >= 0.6 is 0 Å². The molecule has 2 aliphatic carbocycles. The summed E-state index contributed by atoms with van der Waals surface area (Å²) in [4.78, 5) is 0. The molecule has 0 aromatic heterocycles. The van der Waals surface area contributed by atoms with Crippen LogP contribution in [0.15, 0.2) is 194 Å². The molecule has 8 aromatic carbocycles. The summed E-state index contributed by atoms with van der Waals surface area (Å²) in [6.07, 6.45) is 12.7. The van der Waals surface area contributed by atoms with Gasteiger partial charge >= 0.3 is 0 Å². The largest absolute Gasteiger partial charge is 0.0732 e. The van der Waals surface area contributed by atoms with E-state index in [2.05, 4.69) is 229 Å². The van der Waals surface area contributed by atoms with Crippen molar-refractivity contribution in [1.82, 2.24) is 0 Å². The Labute approximate surface area is 349 Å². The van der Waals surface area contributed by atoms with Crippen molar-refractivity contribution in [2.24, 2.45) is 0 Å². The normalized spacial score (nSPS) is 13.6. The van der Waals surface area contributed by atoms with E-state index in [1.165, 1.54) is 99.4 Å². The fourth-order valence-electron chi connectivity index (χ4n) is 9.78. The fraction of sp³-hybridized carbons (Fsp3) is 0.153. The minimum absolute atomic E-state index is 0.0623. The van der Waals surface area contributed by atoms with E-state index in [9.17, 15) is 0 Å². The number of allylic oxidation sites excluding steroid dienone is 5. The van der Waals surface area contributed by atoms with Crippen molar-refractivity contribution in [2.45, 2.75) is 57.8 Å². The van der Waals surface area contributed by atoms with Gasteiger partial charge in [-0.3, -0.25) is 0 Å². The van der Waals surface area contributed by atoms with Crippen molar-refractivity contribution >= 4 is 27.1 Å². The van der Waals surface area contributed by atoms with Crippen molar-refractivity contribution in [2.75, 3.05) is 0 Å². The lowest BCUT2D eigenvalue weighted by Gasteiger charge is -2.30. The van der Waals surface area contributed by atoms with E-state index in [0.29, 0.717) is 0 Å². The van der Waals surface area contributed by atoms with E-state index in [4.69, 9.17) is 0 Å². The standard InChI is InChI=1S/C59H50/c1-58(2,3)55-37-51-49-36-54(59(4,5)38-53(46-30-28-39-18-12-16-26-44(39)32-46)47-31-29-40-19-13-17-27-45(40)33-47)50(41-20-8-6-9-21-41)34-48(49)35-52(51)56(42-24-14-15-25-42)57(55)43-22-10-7-11-23-43/h6-34,36-38,42H,35H2,1-5H3. The van der Waals surface area contributed by atoms with Crippen LogP contribution in [0, 0.1) is 0 Å². The second kappa shape index (κ2) is 14.4. The first-order chi connectivity index (χ1) is 28.6. The van der Waals surface area contributed by atoms with Gasteiger partial charge in [0.15, 0.2) is 0 Å². The molecule has 0 unspecified atom stereocenters. The Balaban J connectivity index is 1.22. The second-order valence-electron chi connectivity index (χ2n) is 18.2. The van der Waals surface area contributed by atoms with Crippen LogP contribution in [0.2, 0.25) is 0 Å². The quantitative estimate of drug-likeness (QED) is 0.152. The summed E-state index contributed by atoms with van der Waals surface area (Å²) >= 11 is 0. The maximum absolute atomic E-state index is 2.57. The highest BCUT2D eigenvalue weighted by atomic mass is 14.4. The molecule has 2 aliphatic rings. The van der Waals surface area contributed by atoms with Crippen molar-refractivity contribution in [3.8, 4) is 33.4 Å². The van der Waals surface area contributed by atoms with Crippen LogP contribution in [0.4, 0.5) is 0 Å². The van der Waals surface area contributed by atoms with E-state index in [1.54, 1.807) is 0 Å².